The van der Waals surface area contributed by atoms with Gasteiger partial charge in [0.2, 0.25) is 17.5 Å². The molecule has 206 valence electrons. The van der Waals surface area contributed by atoms with Crippen molar-refractivity contribution in [2.24, 2.45) is 0 Å². The van der Waals surface area contributed by atoms with Crippen LogP contribution in [0, 0.1) is 0 Å². The zero-order chi connectivity index (χ0) is 28.5. The first-order chi connectivity index (χ1) is 19.0. The molecule has 0 atom stereocenters. The normalized spacial score (nSPS) is 12.0. The molecule has 0 amide bonds. The molecule has 16 heteroatoms. The quantitative estimate of drug-likeness (QED) is 0.158. The lowest BCUT2D eigenvalue weighted by atomic mass is 10.2. The first-order valence-electron chi connectivity index (χ1n) is 11.0. The zero-order valence-electron chi connectivity index (χ0n) is 19.6. The Hall–Kier alpha value is -3.82. The molecular formula is C24H13ClF6N6OS2. The molecule has 0 saturated carbocycles. The largest absolute Gasteiger partial charge is 0.425 e. The predicted octanol–water partition coefficient (Wildman–Crippen LogP) is 8.34. The van der Waals surface area contributed by atoms with E-state index >= 15 is 0 Å². The van der Waals surface area contributed by atoms with Gasteiger partial charge in [0, 0.05) is 29.6 Å². The van der Waals surface area contributed by atoms with Crippen LogP contribution in [0.1, 0.15) is 15.3 Å². The second-order valence-corrected chi connectivity index (χ2v) is 10.4. The molecule has 1 N–H and O–H groups in total. The Morgan fingerprint density at radius 3 is 2.23 bits per heavy atom. The van der Waals surface area contributed by atoms with E-state index in [0.29, 0.717) is 45.4 Å². The number of benzene rings is 1. The number of anilines is 1. The summed E-state index contributed by atoms with van der Waals surface area (Å²) in [6.45, 7) is 0.518. The number of aromatic nitrogens is 5. The number of hydrogen-bond donors (Lipinski definition) is 1. The fraction of sp³-hybridized carbons (Fsp3) is 0.125. The Bertz CT molecular complexity index is 1750. The zero-order valence-corrected chi connectivity index (χ0v) is 22.0. The third-order valence-electron chi connectivity index (χ3n) is 5.13. The van der Waals surface area contributed by atoms with Gasteiger partial charge in [-0.1, -0.05) is 47.1 Å². The van der Waals surface area contributed by atoms with Crippen molar-refractivity contribution in [3.05, 3.63) is 81.4 Å². The minimum absolute atomic E-state index is 0.0526. The molecule has 0 radical (unpaired) electrons. The molecule has 0 bridgehead atoms. The third-order valence-corrected chi connectivity index (χ3v) is 7.58. The topological polar surface area (TPSA) is 89.6 Å². The van der Waals surface area contributed by atoms with Crippen molar-refractivity contribution < 1.29 is 30.9 Å². The Labute approximate surface area is 233 Å². The predicted molar refractivity (Wildman–Crippen MR) is 139 cm³/mol. The van der Waals surface area contributed by atoms with Crippen LogP contribution in [0.3, 0.4) is 0 Å². The number of fused-ring (bicyclic) bond motifs is 2. The van der Waals surface area contributed by atoms with Crippen LogP contribution in [0.15, 0.2) is 65.4 Å². The lowest BCUT2D eigenvalue weighted by molar-refractivity contribution is -0.135. The summed E-state index contributed by atoms with van der Waals surface area (Å²) >= 11 is 7.00. The van der Waals surface area contributed by atoms with E-state index in [4.69, 9.17) is 16.1 Å². The highest BCUT2D eigenvalue weighted by Crippen LogP contribution is 2.40. The molecule has 1 aromatic carbocycles. The van der Waals surface area contributed by atoms with Crippen LogP contribution in [-0.4, -0.2) is 25.1 Å². The molecule has 7 nitrogen and oxygen atoms in total. The highest BCUT2D eigenvalue weighted by molar-refractivity contribution is 7.19. The molecule has 0 aliphatic heterocycles. The first kappa shape index (κ1) is 27.7. The van der Waals surface area contributed by atoms with Gasteiger partial charge in [0.25, 0.3) is 0 Å². The van der Waals surface area contributed by atoms with Gasteiger partial charge in [-0.2, -0.15) is 26.3 Å². The van der Waals surface area contributed by atoms with Crippen LogP contribution in [-0.2, 0) is 18.9 Å². The highest BCUT2D eigenvalue weighted by atomic mass is 35.5. The summed E-state index contributed by atoms with van der Waals surface area (Å²) in [5.74, 6) is 0.665. The summed E-state index contributed by atoms with van der Waals surface area (Å²) in [4.78, 5) is 15.1. The number of halogens is 7. The molecule has 6 rings (SSSR count). The average Bonchev–Trinajstić information content (AvgIpc) is 3.67. The van der Waals surface area contributed by atoms with Gasteiger partial charge in [0.05, 0.1) is 6.20 Å². The number of nitrogens with zero attached hydrogens (tertiary/aromatic N) is 5. The number of thiophene rings is 2. The van der Waals surface area contributed by atoms with E-state index in [1.807, 2.05) is 30.3 Å². The lowest BCUT2D eigenvalue weighted by Crippen LogP contribution is -2.02. The number of alkyl halides is 6. The van der Waals surface area contributed by atoms with E-state index < -0.39 is 22.1 Å². The fourth-order valence-electron chi connectivity index (χ4n) is 3.30. The smallest absolute Gasteiger partial charge is 0.353 e. The van der Waals surface area contributed by atoms with Gasteiger partial charge < -0.3 is 9.84 Å². The molecule has 0 aliphatic rings. The number of hydrogen-bond acceptors (Lipinski definition) is 9. The van der Waals surface area contributed by atoms with Gasteiger partial charge in [-0.25, -0.2) is 19.9 Å². The lowest BCUT2D eigenvalue weighted by Gasteiger charge is -2.04. The summed E-state index contributed by atoms with van der Waals surface area (Å²) in [6, 6.07) is 13.1. The van der Waals surface area contributed by atoms with Crippen molar-refractivity contribution >= 4 is 60.7 Å². The number of nitrogens with one attached hydrogen (secondary N) is 1. The van der Waals surface area contributed by atoms with Gasteiger partial charge >= 0.3 is 12.4 Å². The van der Waals surface area contributed by atoms with Gasteiger partial charge in [-0.3, -0.25) is 0 Å². The van der Waals surface area contributed by atoms with Gasteiger partial charge in [0.1, 0.15) is 24.6 Å². The summed E-state index contributed by atoms with van der Waals surface area (Å²) in [5, 5.41) is 7.00. The summed E-state index contributed by atoms with van der Waals surface area (Å²) in [7, 11) is 0. The molecular weight excluding hydrogens is 602 g/mol. The van der Waals surface area contributed by atoms with Crippen LogP contribution in [0.25, 0.3) is 32.0 Å². The van der Waals surface area contributed by atoms with Gasteiger partial charge in [-0.05, 0) is 17.7 Å². The van der Waals surface area contributed by atoms with E-state index in [0.717, 1.165) is 17.7 Å². The maximum Gasteiger partial charge on any atom is 0.425 e. The maximum atomic E-state index is 12.6. The molecule has 5 heterocycles. The molecule has 0 spiro atoms. The monoisotopic (exact) mass is 614 g/mol. The first-order valence-corrected chi connectivity index (χ1v) is 13.1. The van der Waals surface area contributed by atoms with Crippen molar-refractivity contribution in [1.82, 2.24) is 25.1 Å². The van der Waals surface area contributed by atoms with E-state index in [2.05, 4.69) is 30.4 Å². The minimum Gasteiger partial charge on any atom is -0.353 e. The van der Waals surface area contributed by atoms with Gasteiger partial charge in [0.15, 0.2) is 0 Å². The molecule has 0 saturated heterocycles. The number of rotatable bonds is 4. The van der Waals surface area contributed by atoms with Crippen molar-refractivity contribution in [2.45, 2.75) is 18.9 Å². The Kier molecular flexibility index (Phi) is 7.61. The third kappa shape index (κ3) is 6.32. The standard InChI is InChI=1S/C14H10F3N3S.C10H3ClF3N3OS/c15-14(16,17)11-6-10-8-19-13(20-12(10)21-11)18-7-9-4-2-1-3-5-9;11-7-4-3-6(10(12,13)14)19-9(4)17-8(16-7)5-1-2-15-18-5/h1-6,8H,7H2,(H,18,19,20);1-3H. The minimum atomic E-state index is -4.43. The molecule has 5 aromatic heterocycles. The molecule has 0 unspecified atom stereocenters. The van der Waals surface area contributed by atoms with E-state index in [1.54, 1.807) is 0 Å². The second-order valence-electron chi connectivity index (χ2n) is 7.94. The molecule has 40 heavy (non-hydrogen) atoms. The summed E-state index contributed by atoms with van der Waals surface area (Å²) in [5.41, 5.74) is 1.04. The Morgan fingerprint density at radius 1 is 0.850 bits per heavy atom. The maximum absolute atomic E-state index is 12.6. The van der Waals surface area contributed by atoms with E-state index in [9.17, 15) is 26.3 Å². The molecule has 0 fully saturated rings. The van der Waals surface area contributed by atoms with Crippen molar-refractivity contribution in [3.8, 4) is 11.6 Å². The van der Waals surface area contributed by atoms with Crippen molar-refractivity contribution in [3.63, 3.8) is 0 Å². The van der Waals surface area contributed by atoms with E-state index in [1.165, 1.54) is 18.5 Å². The summed E-state index contributed by atoms with van der Waals surface area (Å²) in [6.07, 6.45) is -5.99. The second kappa shape index (κ2) is 11.0. The molecule has 6 aromatic rings. The average molecular weight is 615 g/mol. The Balaban J connectivity index is 0.000000162. The highest BCUT2D eigenvalue weighted by Gasteiger charge is 2.34. The van der Waals surface area contributed by atoms with Crippen molar-refractivity contribution in [1.29, 1.82) is 0 Å². The molecule has 0 aliphatic carbocycles. The van der Waals surface area contributed by atoms with Gasteiger partial charge in [-0.15, -0.1) is 22.7 Å². The SMILES string of the molecule is FC(F)(F)c1cc2c(Cl)nc(-c3ccno3)nc2s1.FC(F)(F)c1cc2cnc(NCc3ccccc3)nc2s1. The van der Waals surface area contributed by atoms with Crippen LogP contribution >= 0.6 is 34.3 Å². The summed E-state index contributed by atoms with van der Waals surface area (Å²) < 4.78 is 80.6. The van der Waals surface area contributed by atoms with E-state index in [-0.39, 0.29) is 27.0 Å². The van der Waals surface area contributed by atoms with Crippen LogP contribution in [0.4, 0.5) is 32.3 Å². The van der Waals surface area contributed by atoms with Crippen molar-refractivity contribution in [2.75, 3.05) is 5.32 Å². The van der Waals surface area contributed by atoms with Crippen LogP contribution < -0.4 is 5.32 Å². The Morgan fingerprint density at radius 2 is 1.55 bits per heavy atom. The fourth-order valence-corrected chi connectivity index (χ4v) is 5.35. The van der Waals surface area contributed by atoms with Crippen LogP contribution in [0.2, 0.25) is 5.15 Å². The van der Waals surface area contributed by atoms with Crippen LogP contribution in [0.5, 0.6) is 0 Å².